The smallest absolute Gasteiger partial charge is 0.265 e. The third-order valence-electron chi connectivity index (χ3n) is 2.13. The van der Waals surface area contributed by atoms with Crippen molar-refractivity contribution in [1.29, 1.82) is 0 Å². The monoisotopic (exact) mass is 225 g/mol. The average molecular weight is 225 g/mol. The summed E-state index contributed by atoms with van der Waals surface area (Å²) in [4.78, 5) is 0. The molecule has 2 N–H and O–H groups in total. The standard InChI is InChI=1S/C8H20N2O3S/c1-9-5-7-10(2,3)6-4-8-14(11,12)13/h9H,4-8H2,1-3H3/p+1. The van der Waals surface area contributed by atoms with Gasteiger partial charge < -0.3 is 9.80 Å². The summed E-state index contributed by atoms with van der Waals surface area (Å²) in [5.74, 6) is -0.145. The SMILES string of the molecule is CNCC[N+](C)(C)CCCS(=O)(=O)O. The van der Waals surface area contributed by atoms with Crippen LogP contribution < -0.4 is 5.32 Å². The van der Waals surface area contributed by atoms with E-state index in [0.29, 0.717) is 6.42 Å². The van der Waals surface area contributed by atoms with Crippen LogP contribution in [0.1, 0.15) is 6.42 Å². The van der Waals surface area contributed by atoms with E-state index in [1.54, 1.807) is 0 Å². The van der Waals surface area contributed by atoms with Gasteiger partial charge in [-0.15, -0.1) is 0 Å². The van der Waals surface area contributed by atoms with Crippen molar-refractivity contribution in [2.45, 2.75) is 6.42 Å². The molecule has 0 bridgehead atoms. The van der Waals surface area contributed by atoms with E-state index in [4.69, 9.17) is 4.55 Å². The molecule has 0 aromatic rings. The van der Waals surface area contributed by atoms with E-state index in [9.17, 15) is 8.42 Å². The Bertz CT molecular complexity index is 249. The number of likely N-dealkylation sites (N-methyl/N-ethyl adjacent to an activating group) is 2. The van der Waals surface area contributed by atoms with Crippen LogP contribution in [0.15, 0.2) is 0 Å². The predicted octanol–water partition coefficient (Wildman–Crippen LogP) is -0.440. The third-order valence-corrected chi connectivity index (χ3v) is 2.94. The van der Waals surface area contributed by atoms with Gasteiger partial charge in [0.05, 0.1) is 32.9 Å². The first-order chi connectivity index (χ1) is 6.27. The molecule has 0 radical (unpaired) electrons. The van der Waals surface area contributed by atoms with Crippen LogP contribution in [-0.2, 0) is 10.1 Å². The normalized spacial score (nSPS) is 13.1. The molecule has 5 nitrogen and oxygen atoms in total. The van der Waals surface area contributed by atoms with Gasteiger partial charge in [-0.2, -0.15) is 8.42 Å². The maximum Gasteiger partial charge on any atom is 0.265 e. The Morgan fingerprint density at radius 2 is 1.86 bits per heavy atom. The summed E-state index contributed by atoms with van der Waals surface area (Å²) in [5, 5.41) is 3.05. The maximum absolute atomic E-state index is 10.5. The second-order valence-corrected chi connectivity index (χ2v) is 5.70. The van der Waals surface area contributed by atoms with Crippen LogP contribution >= 0.6 is 0 Å². The fraction of sp³-hybridized carbons (Fsp3) is 1.00. The molecule has 86 valence electrons. The highest BCUT2D eigenvalue weighted by atomic mass is 32.2. The van der Waals surface area contributed by atoms with E-state index in [1.807, 2.05) is 21.1 Å². The van der Waals surface area contributed by atoms with Crippen LogP contribution in [0, 0.1) is 0 Å². The zero-order valence-corrected chi connectivity index (χ0v) is 9.97. The van der Waals surface area contributed by atoms with Crippen molar-refractivity contribution >= 4 is 10.1 Å². The van der Waals surface area contributed by atoms with Crippen molar-refractivity contribution in [3.63, 3.8) is 0 Å². The summed E-state index contributed by atoms with van der Waals surface area (Å²) in [6, 6.07) is 0. The first-order valence-corrected chi connectivity index (χ1v) is 6.29. The second kappa shape index (κ2) is 5.65. The van der Waals surface area contributed by atoms with E-state index in [0.717, 1.165) is 24.1 Å². The van der Waals surface area contributed by atoms with E-state index >= 15 is 0 Å². The number of nitrogens with zero attached hydrogens (tertiary/aromatic N) is 1. The molecule has 0 fully saturated rings. The van der Waals surface area contributed by atoms with Gasteiger partial charge in [-0.05, 0) is 7.05 Å². The second-order valence-electron chi connectivity index (χ2n) is 4.13. The van der Waals surface area contributed by atoms with Gasteiger partial charge in [-0.25, -0.2) is 0 Å². The number of rotatable bonds is 7. The highest BCUT2D eigenvalue weighted by molar-refractivity contribution is 7.85. The lowest BCUT2D eigenvalue weighted by Crippen LogP contribution is -2.45. The van der Waals surface area contributed by atoms with Gasteiger partial charge >= 0.3 is 0 Å². The summed E-state index contributed by atoms with van der Waals surface area (Å²) < 4.78 is 30.2. The minimum absolute atomic E-state index is 0.145. The van der Waals surface area contributed by atoms with Crippen molar-refractivity contribution in [3.05, 3.63) is 0 Å². The van der Waals surface area contributed by atoms with Crippen LogP contribution in [0.5, 0.6) is 0 Å². The van der Waals surface area contributed by atoms with Gasteiger partial charge in [0, 0.05) is 13.0 Å². The molecule has 0 aromatic carbocycles. The van der Waals surface area contributed by atoms with Crippen molar-refractivity contribution in [3.8, 4) is 0 Å². The zero-order chi connectivity index (χ0) is 11.2. The van der Waals surface area contributed by atoms with Crippen molar-refractivity contribution in [2.75, 3.05) is 46.5 Å². The molecular weight excluding hydrogens is 204 g/mol. The van der Waals surface area contributed by atoms with Gasteiger partial charge in [0.2, 0.25) is 0 Å². The van der Waals surface area contributed by atoms with Gasteiger partial charge in [0.15, 0.2) is 0 Å². The number of hydrogen-bond acceptors (Lipinski definition) is 3. The van der Waals surface area contributed by atoms with E-state index < -0.39 is 10.1 Å². The van der Waals surface area contributed by atoms with Crippen LogP contribution in [0.4, 0.5) is 0 Å². The Balaban J connectivity index is 3.76. The minimum Gasteiger partial charge on any atom is -0.327 e. The summed E-state index contributed by atoms with van der Waals surface area (Å²) in [6.45, 7) is 2.60. The highest BCUT2D eigenvalue weighted by Crippen LogP contribution is 1.99. The molecule has 0 heterocycles. The lowest BCUT2D eigenvalue weighted by Gasteiger charge is -2.29. The van der Waals surface area contributed by atoms with Crippen molar-refractivity contribution in [1.82, 2.24) is 5.32 Å². The molecule has 0 amide bonds. The average Bonchev–Trinajstić information content (AvgIpc) is 1.98. The molecule has 14 heavy (non-hydrogen) atoms. The summed E-state index contributed by atoms with van der Waals surface area (Å²) in [7, 11) is 2.18. The molecule has 0 aliphatic rings. The van der Waals surface area contributed by atoms with Crippen molar-refractivity contribution < 1.29 is 17.5 Å². The quantitative estimate of drug-likeness (QED) is 0.455. The molecule has 6 heteroatoms. The summed E-state index contributed by atoms with van der Waals surface area (Å²) in [6.07, 6.45) is 0.496. The predicted molar refractivity (Wildman–Crippen MR) is 56.8 cm³/mol. The molecule has 0 atom stereocenters. The molecule has 0 saturated carbocycles. The molecule has 0 aliphatic carbocycles. The van der Waals surface area contributed by atoms with Crippen molar-refractivity contribution in [2.24, 2.45) is 0 Å². The van der Waals surface area contributed by atoms with Gasteiger partial charge in [0.25, 0.3) is 10.1 Å². The number of quaternary nitrogens is 1. The molecule has 0 aromatic heterocycles. The third kappa shape index (κ3) is 8.43. The van der Waals surface area contributed by atoms with E-state index in [-0.39, 0.29) is 5.75 Å². The Morgan fingerprint density at radius 1 is 1.29 bits per heavy atom. The lowest BCUT2D eigenvalue weighted by atomic mass is 10.3. The first-order valence-electron chi connectivity index (χ1n) is 4.69. The van der Waals surface area contributed by atoms with E-state index in [2.05, 4.69) is 5.32 Å². The Kier molecular flexibility index (Phi) is 5.58. The van der Waals surface area contributed by atoms with Crippen LogP contribution in [0.2, 0.25) is 0 Å². The summed E-state index contributed by atoms with van der Waals surface area (Å²) in [5.41, 5.74) is 0. The van der Waals surface area contributed by atoms with Gasteiger partial charge in [-0.3, -0.25) is 4.55 Å². The molecule has 0 aliphatic heterocycles. The Hall–Kier alpha value is -0.170. The zero-order valence-electron chi connectivity index (χ0n) is 9.15. The Labute approximate surface area is 86.4 Å². The van der Waals surface area contributed by atoms with Crippen LogP contribution in [0.25, 0.3) is 0 Å². The molecule has 0 unspecified atom stereocenters. The minimum atomic E-state index is -3.79. The largest absolute Gasteiger partial charge is 0.327 e. The van der Waals surface area contributed by atoms with E-state index in [1.165, 1.54) is 0 Å². The molecular formula is C8H21N2O3S+. The topological polar surface area (TPSA) is 66.4 Å². The van der Waals surface area contributed by atoms with Gasteiger partial charge in [-0.1, -0.05) is 0 Å². The number of nitrogens with one attached hydrogen (secondary N) is 1. The lowest BCUT2D eigenvalue weighted by molar-refractivity contribution is -0.889. The number of hydrogen-bond donors (Lipinski definition) is 2. The molecule has 0 rings (SSSR count). The summed E-state index contributed by atoms with van der Waals surface area (Å²) >= 11 is 0. The highest BCUT2D eigenvalue weighted by Gasteiger charge is 2.15. The Morgan fingerprint density at radius 3 is 2.29 bits per heavy atom. The van der Waals surface area contributed by atoms with Crippen LogP contribution in [0.3, 0.4) is 0 Å². The van der Waals surface area contributed by atoms with Crippen LogP contribution in [-0.4, -0.2) is 64.0 Å². The van der Waals surface area contributed by atoms with Gasteiger partial charge in [0.1, 0.15) is 0 Å². The molecule has 0 saturated heterocycles. The molecule has 0 spiro atoms. The fourth-order valence-corrected chi connectivity index (χ4v) is 1.70. The first kappa shape index (κ1) is 13.8. The fourth-order valence-electron chi connectivity index (χ4n) is 1.20. The maximum atomic E-state index is 10.5.